The number of hydrogen-bond donors (Lipinski definition) is 6. The summed E-state index contributed by atoms with van der Waals surface area (Å²) in [5.74, 6) is -1.18. The first-order valence-electron chi connectivity index (χ1n) is 10.6. The average Bonchev–Trinajstić information content (AvgIpc) is 3.24. The highest BCUT2D eigenvalue weighted by Crippen LogP contribution is 2.32. The van der Waals surface area contributed by atoms with Gasteiger partial charge in [0.25, 0.3) is 11.8 Å². The lowest BCUT2D eigenvalue weighted by atomic mass is 10.1. The second-order valence-corrected chi connectivity index (χ2v) is 8.44. The van der Waals surface area contributed by atoms with Crippen molar-refractivity contribution in [2.24, 2.45) is 5.73 Å². The first-order valence-corrected chi connectivity index (χ1v) is 11.4. The van der Waals surface area contributed by atoms with Gasteiger partial charge in [0.1, 0.15) is 5.00 Å². The number of thiazole rings is 1. The van der Waals surface area contributed by atoms with Gasteiger partial charge in [0.2, 0.25) is 0 Å². The van der Waals surface area contributed by atoms with E-state index in [-0.39, 0.29) is 17.2 Å². The summed E-state index contributed by atoms with van der Waals surface area (Å²) in [4.78, 5) is 39.4. The van der Waals surface area contributed by atoms with Crippen LogP contribution in [0.25, 0.3) is 10.8 Å². The minimum atomic E-state index is -1.09. The smallest absolute Gasteiger partial charge is 0.404 e. The molecule has 0 atom stereocenters. The Kier molecular flexibility index (Phi) is 7.07. The third-order valence-electron chi connectivity index (χ3n) is 4.97. The van der Waals surface area contributed by atoms with Crippen molar-refractivity contribution >= 4 is 61.5 Å². The van der Waals surface area contributed by atoms with E-state index in [0.717, 1.165) is 33.5 Å². The number of amides is 3. The molecule has 3 aromatic carbocycles. The van der Waals surface area contributed by atoms with Gasteiger partial charge in [-0.1, -0.05) is 41.7 Å². The fourth-order valence-electron chi connectivity index (χ4n) is 3.31. The van der Waals surface area contributed by atoms with E-state index in [2.05, 4.69) is 26.3 Å². The standard InChI is InChI=1S/C24H22N6O4S/c25-20(31)19-22(30-21(32)15-6-8-17(9-7-15)26-11-12-27-24(33)34)35-23(29-19)28-18-10-5-14-3-1-2-4-16(14)13-18/h1-10,13,26-27H,11-12H2,(H2,25,31)(H,28,29)(H,30,32)(H,33,34). The Hall–Kier alpha value is -4.64. The number of benzene rings is 3. The average molecular weight is 491 g/mol. The molecule has 10 nitrogen and oxygen atoms in total. The number of carboxylic acid groups (broad SMARTS) is 1. The number of aromatic nitrogens is 1. The summed E-state index contributed by atoms with van der Waals surface area (Å²) < 4.78 is 0. The topological polar surface area (TPSA) is 158 Å². The molecule has 4 rings (SSSR count). The van der Waals surface area contributed by atoms with Crippen LogP contribution in [0.3, 0.4) is 0 Å². The van der Waals surface area contributed by atoms with Crippen LogP contribution in [-0.2, 0) is 0 Å². The van der Waals surface area contributed by atoms with Crippen LogP contribution in [0.15, 0.2) is 66.7 Å². The number of rotatable bonds is 9. The summed E-state index contributed by atoms with van der Waals surface area (Å²) in [5, 5.41) is 22.6. The van der Waals surface area contributed by atoms with E-state index in [1.165, 1.54) is 0 Å². The Balaban J connectivity index is 1.44. The summed E-state index contributed by atoms with van der Waals surface area (Å²) in [6.07, 6.45) is -1.09. The Morgan fingerprint density at radius 1 is 0.914 bits per heavy atom. The van der Waals surface area contributed by atoms with Crippen LogP contribution in [0.2, 0.25) is 0 Å². The molecule has 7 N–H and O–H groups in total. The van der Waals surface area contributed by atoms with Crippen molar-refractivity contribution < 1.29 is 19.5 Å². The summed E-state index contributed by atoms with van der Waals surface area (Å²) in [7, 11) is 0. The Morgan fingerprint density at radius 2 is 1.63 bits per heavy atom. The molecule has 1 heterocycles. The molecule has 0 fully saturated rings. The molecule has 0 unspecified atom stereocenters. The van der Waals surface area contributed by atoms with Gasteiger partial charge in [0, 0.05) is 30.0 Å². The fraction of sp³-hybridized carbons (Fsp3) is 0.0833. The molecule has 0 bridgehead atoms. The van der Waals surface area contributed by atoms with Gasteiger partial charge >= 0.3 is 6.09 Å². The molecule has 0 aliphatic heterocycles. The van der Waals surface area contributed by atoms with Crippen LogP contribution in [0.5, 0.6) is 0 Å². The lowest BCUT2D eigenvalue weighted by molar-refractivity contribution is 0.0997. The monoisotopic (exact) mass is 490 g/mol. The number of carbonyl (C=O) groups is 3. The maximum Gasteiger partial charge on any atom is 0.404 e. The van der Waals surface area contributed by atoms with Crippen LogP contribution in [0, 0.1) is 0 Å². The zero-order valence-corrected chi connectivity index (χ0v) is 19.2. The first kappa shape index (κ1) is 23.5. The maximum absolute atomic E-state index is 12.7. The van der Waals surface area contributed by atoms with E-state index in [1.54, 1.807) is 24.3 Å². The number of hydrogen-bond acceptors (Lipinski definition) is 7. The van der Waals surface area contributed by atoms with Crippen molar-refractivity contribution in [3.05, 3.63) is 78.0 Å². The van der Waals surface area contributed by atoms with Crippen molar-refractivity contribution in [2.45, 2.75) is 0 Å². The number of fused-ring (bicyclic) bond motifs is 1. The molecule has 0 spiro atoms. The van der Waals surface area contributed by atoms with E-state index >= 15 is 0 Å². The SMILES string of the molecule is NC(=O)c1nc(Nc2ccc3ccccc3c2)sc1NC(=O)c1ccc(NCCNC(=O)O)cc1. The minimum Gasteiger partial charge on any atom is -0.465 e. The molecule has 0 aliphatic rings. The van der Waals surface area contributed by atoms with Gasteiger partial charge in [0.15, 0.2) is 10.8 Å². The lowest BCUT2D eigenvalue weighted by Crippen LogP contribution is -2.26. The van der Waals surface area contributed by atoms with Gasteiger partial charge in [-0.05, 0) is 47.2 Å². The quantitative estimate of drug-likeness (QED) is 0.193. The van der Waals surface area contributed by atoms with Gasteiger partial charge in [-0.15, -0.1) is 0 Å². The first-order chi connectivity index (χ1) is 16.9. The molecule has 0 saturated heterocycles. The fourth-order valence-corrected chi connectivity index (χ4v) is 4.19. The summed E-state index contributed by atoms with van der Waals surface area (Å²) in [6.45, 7) is 0.641. The molecular formula is C24H22N6O4S. The molecule has 178 valence electrons. The number of nitrogens with two attached hydrogens (primary N) is 1. The van der Waals surface area contributed by atoms with E-state index in [1.807, 2.05) is 42.5 Å². The maximum atomic E-state index is 12.7. The zero-order chi connectivity index (χ0) is 24.8. The van der Waals surface area contributed by atoms with Crippen molar-refractivity contribution in [2.75, 3.05) is 29.0 Å². The highest BCUT2D eigenvalue weighted by Gasteiger charge is 2.19. The van der Waals surface area contributed by atoms with Gasteiger partial charge in [-0.3, -0.25) is 9.59 Å². The molecule has 11 heteroatoms. The second kappa shape index (κ2) is 10.5. The van der Waals surface area contributed by atoms with Crippen LogP contribution in [-0.4, -0.2) is 41.1 Å². The molecule has 35 heavy (non-hydrogen) atoms. The van der Waals surface area contributed by atoms with E-state index in [9.17, 15) is 14.4 Å². The highest BCUT2D eigenvalue weighted by atomic mass is 32.1. The molecule has 3 amide bonds. The van der Waals surface area contributed by atoms with E-state index in [4.69, 9.17) is 10.8 Å². The minimum absolute atomic E-state index is 0.0316. The van der Waals surface area contributed by atoms with Crippen molar-refractivity contribution in [3.63, 3.8) is 0 Å². The Bertz CT molecular complexity index is 1390. The third kappa shape index (κ3) is 6.03. The number of anilines is 4. The molecule has 0 aliphatic carbocycles. The summed E-state index contributed by atoms with van der Waals surface area (Å²) in [5.41, 5.74) is 7.33. The van der Waals surface area contributed by atoms with E-state index < -0.39 is 17.9 Å². The molecule has 0 radical (unpaired) electrons. The number of primary amides is 1. The Morgan fingerprint density at radius 3 is 2.34 bits per heavy atom. The molecule has 4 aromatic rings. The summed E-state index contributed by atoms with van der Waals surface area (Å²) in [6, 6.07) is 20.4. The van der Waals surface area contributed by atoms with Gasteiger partial charge < -0.3 is 32.1 Å². The third-order valence-corrected chi connectivity index (χ3v) is 5.85. The van der Waals surface area contributed by atoms with Gasteiger partial charge in [-0.2, -0.15) is 0 Å². The molecule has 0 saturated carbocycles. The van der Waals surface area contributed by atoms with Crippen molar-refractivity contribution in [3.8, 4) is 0 Å². The number of carbonyl (C=O) groups excluding carboxylic acids is 2. The number of nitrogens with one attached hydrogen (secondary N) is 4. The van der Waals surface area contributed by atoms with Crippen LogP contribution < -0.4 is 27.0 Å². The van der Waals surface area contributed by atoms with Crippen LogP contribution in [0.1, 0.15) is 20.8 Å². The van der Waals surface area contributed by atoms with Crippen LogP contribution in [0.4, 0.5) is 26.3 Å². The predicted molar refractivity (Wildman–Crippen MR) is 137 cm³/mol. The largest absolute Gasteiger partial charge is 0.465 e. The number of nitrogens with zero attached hydrogens (tertiary/aromatic N) is 1. The van der Waals surface area contributed by atoms with Gasteiger partial charge in [-0.25, -0.2) is 9.78 Å². The van der Waals surface area contributed by atoms with E-state index in [0.29, 0.717) is 17.2 Å². The Labute approximate surface area is 204 Å². The highest BCUT2D eigenvalue weighted by molar-refractivity contribution is 7.20. The normalized spacial score (nSPS) is 10.5. The van der Waals surface area contributed by atoms with Crippen LogP contribution >= 0.6 is 11.3 Å². The zero-order valence-electron chi connectivity index (χ0n) is 18.4. The second-order valence-electron chi connectivity index (χ2n) is 7.44. The molecular weight excluding hydrogens is 468 g/mol. The predicted octanol–water partition coefficient (Wildman–Crippen LogP) is 4.07. The summed E-state index contributed by atoms with van der Waals surface area (Å²) >= 11 is 1.11. The lowest BCUT2D eigenvalue weighted by Gasteiger charge is -2.08. The molecule has 1 aromatic heterocycles. The van der Waals surface area contributed by atoms with Crippen molar-refractivity contribution in [1.29, 1.82) is 0 Å². The van der Waals surface area contributed by atoms with Crippen molar-refractivity contribution in [1.82, 2.24) is 10.3 Å². The van der Waals surface area contributed by atoms with Gasteiger partial charge in [0.05, 0.1) is 0 Å².